The van der Waals surface area contributed by atoms with Crippen molar-refractivity contribution < 1.29 is 18.7 Å². The number of alkyl carbamates (subject to hydrolysis) is 1. The number of hydrogen-bond acceptors (Lipinski definition) is 8. The number of nitrogens with zero attached hydrogens (tertiary/aromatic N) is 3. The lowest BCUT2D eigenvalue weighted by atomic mass is 9.93. The first-order chi connectivity index (χ1) is 16.9. The van der Waals surface area contributed by atoms with Crippen LogP contribution < -0.4 is 10.1 Å². The lowest BCUT2D eigenvalue weighted by molar-refractivity contribution is 0.0470. The molecule has 36 heavy (non-hydrogen) atoms. The van der Waals surface area contributed by atoms with E-state index in [0.29, 0.717) is 12.3 Å². The smallest absolute Gasteiger partial charge is 0.407 e. The van der Waals surface area contributed by atoms with E-state index in [0.717, 1.165) is 48.7 Å². The third-order valence-electron chi connectivity index (χ3n) is 6.51. The highest BCUT2D eigenvalue weighted by atomic mass is 32.1. The molecule has 1 fully saturated rings. The fourth-order valence-corrected chi connectivity index (χ4v) is 7.37. The molecule has 0 saturated heterocycles. The summed E-state index contributed by atoms with van der Waals surface area (Å²) < 4.78 is 18.0. The van der Waals surface area contributed by atoms with Crippen LogP contribution in [0.2, 0.25) is 19.6 Å². The summed E-state index contributed by atoms with van der Waals surface area (Å²) in [5.74, 6) is 0.893. The average molecular weight is 531 g/mol. The Bertz CT molecular complexity index is 1130. The number of rotatable bonds is 7. The Labute approximate surface area is 218 Å². The van der Waals surface area contributed by atoms with E-state index in [4.69, 9.17) is 13.9 Å². The number of ether oxygens (including phenoxy) is 2. The highest BCUT2D eigenvalue weighted by Gasteiger charge is 2.34. The van der Waals surface area contributed by atoms with Crippen molar-refractivity contribution in [2.45, 2.75) is 115 Å². The number of fused-ring (bicyclic) bond motifs is 3. The minimum Gasteiger partial charge on any atom is -0.474 e. The monoisotopic (exact) mass is 530 g/mol. The van der Waals surface area contributed by atoms with Gasteiger partial charge >= 0.3 is 6.09 Å². The number of thiophene rings is 1. The van der Waals surface area contributed by atoms with Gasteiger partial charge in [0.15, 0.2) is 8.32 Å². The summed E-state index contributed by atoms with van der Waals surface area (Å²) in [6.07, 6.45) is 6.90. The van der Waals surface area contributed by atoms with E-state index < -0.39 is 20.0 Å². The number of nitriles is 1. The van der Waals surface area contributed by atoms with Gasteiger partial charge in [-0.2, -0.15) is 5.26 Å². The van der Waals surface area contributed by atoms with E-state index in [-0.39, 0.29) is 24.2 Å². The average Bonchev–Trinajstić information content (AvgIpc) is 3.32. The van der Waals surface area contributed by atoms with E-state index in [1.54, 1.807) is 17.7 Å². The van der Waals surface area contributed by atoms with Crippen LogP contribution in [0.1, 0.15) is 75.7 Å². The normalized spacial score (nSPS) is 23.1. The van der Waals surface area contributed by atoms with Gasteiger partial charge in [0, 0.05) is 10.9 Å². The van der Waals surface area contributed by atoms with Crippen LogP contribution in [0.25, 0.3) is 10.2 Å². The lowest BCUT2D eigenvalue weighted by Crippen LogP contribution is -2.42. The van der Waals surface area contributed by atoms with Crippen LogP contribution in [-0.4, -0.2) is 48.2 Å². The van der Waals surface area contributed by atoms with Crippen LogP contribution in [0.5, 0.6) is 5.88 Å². The largest absolute Gasteiger partial charge is 0.474 e. The summed E-state index contributed by atoms with van der Waals surface area (Å²) in [5, 5.41) is 13.7. The number of carbonyl (C=O) groups excluding carboxylic acids is 1. The molecule has 2 heterocycles. The number of hydrogen-bond donors (Lipinski definition) is 1. The Balaban J connectivity index is 1.44. The van der Waals surface area contributed by atoms with Crippen molar-refractivity contribution in [3.8, 4) is 11.9 Å². The van der Waals surface area contributed by atoms with Crippen molar-refractivity contribution in [1.82, 2.24) is 15.3 Å². The van der Waals surface area contributed by atoms with E-state index in [1.165, 1.54) is 10.4 Å². The van der Waals surface area contributed by atoms with Crippen molar-refractivity contribution in [2.24, 2.45) is 0 Å². The Hall–Kier alpha value is -2.22. The van der Waals surface area contributed by atoms with E-state index in [2.05, 4.69) is 41.0 Å². The Morgan fingerprint density at radius 3 is 2.58 bits per heavy atom. The number of nitrogens with one attached hydrogen (secondary N) is 1. The van der Waals surface area contributed by atoms with E-state index in [9.17, 15) is 10.1 Å². The van der Waals surface area contributed by atoms with Crippen LogP contribution in [0, 0.1) is 11.3 Å². The highest BCUT2D eigenvalue weighted by molar-refractivity contribution is 7.19. The lowest BCUT2D eigenvalue weighted by Gasteiger charge is -2.30. The maximum absolute atomic E-state index is 12.1. The second kappa shape index (κ2) is 10.6. The zero-order valence-electron chi connectivity index (χ0n) is 22.2. The maximum Gasteiger partial charge on any atom is 0.407 e. The molecule has 4 rings (SSSR count). The SMILES string of the molecule is CC(C)(C)OC(=O)N[C@H]1CC[C@H](Oc2ncnc3sc4c(c23)[C@@H](CC(C#N)O[Si](C)(C)C)CC4)CC1. The summed E-state index contributed by atoms with van der Waals surface area (Å²) in [4.78, 5) is 23.5. The van der Waals surface area contributed by atoms with Gasteiger partial charge in [0.25, 0.3) is 0 Å². The molecule has 1 unspecified atom stereocenters. The highest BCUT2D eigenvalue weighted by Crippen LogP contribution is 2.48. The second-order valence-corrected chi connectivity index (χ2v) is 17.4. The molecule has 2 aliphatic rings. The van der Waals surface area contributed by atoms with Gasteiger partial charge in [0.2, 0.25) is 5.88 Å². The summed E-state index contributed by atoms with van der Waals surface area (Å²) >= 11 is 1.72. The third kappa shape index (κ3) is 6.75. The fourth-order valence-electron chi connectivity index (χ4n) is 5.13. The molecule has 1 amide bonds. The first kappa shape index (κ1) is 26.8. The molecule has 0 aliphatic heterocycles. The van der Waals surface area contributed by atoms with Gasteiger partial charge in [-0.25, -0.2) is 14.8 Å². The Morgan fingerprint density at radius 2 is 1.94 bits per heavy atom. The van der Waals surface area contributed by atoms with Crippen LogP contribution in [0.4, 0.5) is 4.79 Å². The Morgan fingerprint density at radius 1 is 1.22 bits per heavy atom. The zero-order valence-corrected chi connectivity index (χ0v) is 24.0. The molecule has 2 atom stereocenters. The number of amides is 1. The van der Waals surface area contributed by atoms with Crippen LogP contribution >= 0.6 is 11.3 Å². The molecule has 2 aromatic rings. The molecule has 0 bridgehead atoms. The van der Waals surface area contributed by atoms with Gasteiger partial charge < -0.3 is 19.2 Å². The van der Waals surface area contributed by atoms with E-state index >= 15 is 0 Å². The summed E-state index contributed by atoms with van der Waals surface area (Å²) in [7, 11) is -1.81. The molecule has 1 saturated carbocycles. The quantitative estimate of drug-likeness (QED) is 0.433. The number of aryl methyl sites for hydroxylation is 1. The third-order valence-corrected chi connectivity index (χ3v) is 8.67. The van der Waals surface area contributed by atoms with Crippen LogP contribution in [0.3, 0.4) is 0 Å². The van der Waals surface area contributed by atoms with Crippen molar-refractivity contribution in [2.75, 3.05) is 0 Å². The zero-order chi connectivity index (χ0) is 26.1. The first-order valence-corrected chi connectivity index (χ1v) is 17.1. The molecule has 2 aliphatic carbocycles. The van der Waals surface area contributed by atoms with Gasteiger partial charge in [0.05, 0.1) is 11.5 Å². The van der Waals surface area contributed by atoms with Crippen LogP contribution in [0.15, 0.2) is 6.33 Å². The molecule has 8 nitrogen and oxygen atoms in total. The summed E-state index contributed by atoms with van der Waals surface area (Å²) in [5.41, 5.74) is 0.750. The molecule has 10 heteroatoms. The summed E-state index contributed by atoms with van der Waals surface area (Å²) in [6.45, 7) is 12.0. The molecule has 0 radical (unpaired) electrons. The minimum atomic E-state index is -1.81. The number of aromatic nitrogens is 2. The van der Waals surface area contributed by atoms with Gasteiger partial charge in [-0.1, -0.05) is 0 Å². The number of carbonyl (C=O) groups is 1. The molecule has 196 valence electrons. The van der Waals surface area contributed by atoms with Gasteiger partial charge in [-0.3, -0.25) is 0 Å². The molecule has 2 aromatic heterocycles. The molecule has 1 N–H and O–H groups in total. The second-order valence-electron chi connectivity index (χ2n) is 11.9. The predicted octanol–water partition coefficient (Wildman–Crippen LogP) is 6.07. The minimum absolute atomic E-state index is 0.0391. The fraction of sp³-hybridized carbons (Fsp3) is 0.692. The van der Waals surface area contributed by atoms with Gasteiger partial charge in [-0.15, -0.1) is 11.3 Å². The van der Waals surface area contributed by atoms with Crippen molar-refractivity contribution in [3.05, 3.63) is 16.8 Å². The topological polar surface area (TPSA) is 106 Å². The van der Waals surface area contributed by atoms with Gasteiger partial charge in [0.1, 0.15) is 29.0 Å². The van der Waals surface area contributed by atoms with E-state index in [1.807, 2.05) is 20.8 Å². The molecular weight excluding hydrogens is 492 g/mol. The Kier molecular flexibility index (Phi) is 7.93. The van der Waals surface area contributed by atoms with Gasteiger partial charge in [-0.05, 0) is 96.8 Å². The van der Waals surface area contributed by atoms with Crippen molar-refractivity contribution in [3.63, 3.8) is 0 Å². The van der Waals surface area contributed by atoms with Crippen molar-refractivity contribution in [1.29, 1.82) is 5.26 Å². The molecule has 0 aromatic carbocycles. The molecular formula is C26H38N4O4SSi. The predicted molar refractivity (Wildman–Crippen MR) is 143 cm³/mol. The first-order valence-electron chi connectivity index (χ1n) is 12.9. The maximum atomic E-state index is 12.1. The standard InChI is InChI=1S/C26H38N4O4SSi/c1-26(2,3)33-25(31)30-17-8-10-18(11-9-17)32-23-22-21-16(13-19(14-27)34-36(4,5)6)7-12-20(21)35-24(22)29-15-28-23/h15-19H,7-13H2,1-6H3,(H,30,31)/t16-,17-,18-,19?/m1/s1. The molecule has 0 spiro atoms. The summed E-state index contributed by atoms with van der Waals surface area (Å²) in [6, 6.07) is 2.47. The van der Waals surface area contributed by atoms with Crippen molar-refractivity contribution >= 4 is 36.0 Å². The van der Waals surface area contributed by atoms with Crippen LogP contribution in [-0.2, 0) is 15.6 Å².